The van der Waals surface area contributed by atoms with Crippen molar-refractivity contribution in [2.75, 3.05) is 31.9 Å². The summed E-state index contributed by atoms with van der Waals surface area (Å²) in [5.41, 5.74) is 8.30. The first-order valence-corrected chi connectivity index (χ1v) is 9.73. The number of piperidine rings is 1. The third-order valence-corrected chi connectivity index (χ3v) is 5.16. The standard InChI is InChI=1S/C21H29N5O/c1-15(2)18-14-19(25-21(22)24-18)20(27)23-10-13-26-11-8-17(9-12-26)16-6-4-3-5-7-16/h3-7,14-15,17H,8-13H2,1-2H3,(H,23,27)(H2,22,24,25). The lowest BCUT2D eigenvalue weighted by molar-refractivity contribution is 0.0940. The molecular weight excluding hydrogens is 338 g/mol. The van der Waals surface area contributed by atoms with E-state index in [-0.39, 0.29) is 17.8 Å². The van der Waals surface area contributed by atoms with Crippen molar-refractivity contribution < 1.29 is 4.79 Å². The fraction of sp³-hybridized carbons (Fsp3) is 0.476. The van der Waals surface area contributed by atoms with E-state index in [1.165, 1.54) is 5.56 Å². The third-order valence-electron chi connectivity index (χ3n) is 5.16. The minimum absolute atomic E-state index is 0.148. The number of nitrogens with one attached hydrogen (secondary N) is 1. The number of aromatic nitrogens is 2. The molecule has 27 heavy (non-hydrogen) atoms. The number of hydrogen-bond donors (Lipinski definition) is 2. The fourth-order valence-electron chi connectivity index (χ4n) is 3.53. The number of nitrogens with zero attached hydrogens (tertiary/aromatic N) is 3. The minimum Gasteiger partial charge on any atom is -0.368 e. The van der Waals surface area contributed by atoms with Crippen LogP contribution >= 0.6 is 0 Å². The molecule has 1 amide bonds. The lowest BCUT2D eigenvalue weighted by Gasteiger charge is -2.32. The Kier molecular flexibility index (Phi) is 6.40. The monoisotopic (exact) mass is 367 g/mol. The summed E-state index contributed by atoms with van der Waals surface area (Å²) in [7, 11) is 0. The van der Waals surface area contributed by atoms with Gasteiger partial charge in [0.1, 0.15) is 5.69 Å². The van der Waals surface area contributed by atoms with Gasteiger partial charge in [0, 0.05) is 18.8 Å². The van der Waals surface area contributed by atoms with Crippen LogP contribution in [0.15, 0.2) is 36.4 Å². The molecule has 3 N–H and O–H groups in total. The average Bonchev–Trinajstić information content (AvgIpc) is 2.68. The van der Waals surface area contributed by atoms with Crippen LogP contribution in [0, 0.1) is 0 Å². The molecule has 0 spiro atoms. The molecule has 1 fully saturated rings. The van der Waals surface area contributed by atoms with E-state index in [1.807, 2.05) is 13.8 Å². The van der Waals surface area contributed by atoms with E-state index in [4.69, 9.17) is 5.73 Å². The van der Waals surface area contributed by atoms with Crippen LogP contribution in [0.1, 0.15) is 60.3 Å². The number of anilines is 1. The molecule has 1 aromatic heterocycles. The molecule has 1 aromatic carbocycles. The summed E-state index contributed by atoms with van der Waals surface area (Å²) >= 11 is 0. The average molecular weight is 367 g/mol. The highest BCUT2D eigenvalue weighted by Crippen LogP contribution is 2.27. The second kappa shape index (κ2) is 8.95. The van der Waals surface area contributed by atoms with Crippen LogP contribution in [-0.4, -0.2) is 47.0 Å². The van der Waals surface area contributed by atoms with Gasteiger partial charge in [0.05, 0.1) is 0 Å². The Bertz CT molecular complexity index is 754. The highest BCUT2D eigenvalue weighted by atomic mass is 16.1. The molecule has 1 aliphatic heterocycles. The summed E-state index contributed by atoms with van der Waals surface area (Å²) in [6, 6.07) is 12.5. The summed E-state index contributed by atoms with van der Waals surface area (Å²) in [4.78, 5) is 23.0. The highest BCUT2D eigenvalue weighted by Gasteiger charge is 2.20. The van der Waals surface area contributed by atoms with E-state index in [0.29, 0.717) is 18.2 Å². The molecule has 3 rings (SSSR count). The SMILES string of the molecule is CC(C)c1cc(C(=O)NCCN2CCC(c3ccccc3)CC2)nc(N)n1. The number of hydrogen-bond acceptors (Lipinski definition) is 5. The molecule has 144 valence electrons. The van der Waals surface area contributed by atoms with Gasteiger partial charge in [-0.15, -0.1) is 0 Å². The maximum absolute atomic E-state index is 12.4. The normalized spacial score (nSPS) is 15.8. The fourth-order valence-corrected chi connectivity index (χ4v) is 3.53. The zero-order valence-corrected chi connectivity index (χ0v) is 16.2. The first-order valence-electron chi connectivity index (χ1n) is 9.73. The lowest BCUT2D eigenvalue weighted by Crippen LogP contribution is -2.39. The Morgan fingerprint density at radius 2 is 1.93 bits per heavy atom. The van der Waals surface area contributed by atoms with Crippen molar-refractivity contribution in [3.63, 3.8) is 0 Å². The lowest BCUT2D eigenvalue weighted by atomic mass is 9.89. The smallest absolute Gasteiger partial charge is 0.270 e. The summed E-state index contributed by atoms with van der Waals surface area (Å²) in [6.45, 7) is 7.62. The molecule has 0 saturated carbocycles. The Hall–Kier alpha value is -2.47. The molecule has 2 heterocycles. The van der Waals surface area contributed by atoms with Crippen molar-refractivity contribution in [3.05, 3.63) is 53.3 Å². The third kappa shape index (κ3) is 5.26. The highest BCUT2D eigenvalue weighted by molar-refractivity contribution is 5.92. The molecule has 6 nitrogen and oxygen atoms in total. The van der Waals surface area contributed by atoms with Crippen LogP contribution in [-0.2, 0) is 0 Å². The van der Waals surface area contributed by atoms with Crippen LogP contribution in [0.25, 0.3) is 0 Å². The molecule has 1 saturated heterocycles. The van der Waals surface area contributed by atoms with Gasteiger partial charge in [-0.3, -0.25) is 4.79 Å². The number of nitrogens with two attached hydrogens (primary N) is 1. The van der Waals surface area contributed by atoms with Crippen molar-refractivity contribution >= 4 is 11.9 Å². The summed E-state index contributed by atoms with van der Waals surface area (Å²) in [5.74, 6) is 0.808. The van der Waals surface area contributed by atoms with Gasteiger partial charge in [0.2, 0.25) is 5.95 Å². The number of carbonyl (C=O) groups excluding carboxylic acids is 1. The van der Waals surface area contributed by atoms with Crippen molar-refractivity contribution in [2.24, 2.45) is 0 Å². The molecule has 0 aliphatic carbocycles. The van der Waals surface area contributed by atoms with E-state index in [2.05, 4.69) is 50.5 Å². The van der Waals surface area contributed by atoms with Crippen molar-refractivity contribution in [1.82, 2.24) is 20.2 Å². The second-order valence-corrected chi connectivity index (χ2v) is 7.47. The van der Waals surface area contributed by atoms with Gasteiger partial charge < -0.3 is 16.0 Å². The Balaban J connectivity index is 1.45. The van der Waals surface area contributed by atoms with Gasteiger partial charge >= 0.3 is 0 Å². The maximum atomic E-state index is 12.4. The largest absolute Gasteiger partial charge is 0.368 e. The second-order valence-electron chi connectivity index (χ2n) is 7.47. The number of amides is 1. The van der Waals surface area contributed by atoms with Gasteiger partial charge in [0.25, 0.3) is 5.91 Å². The first kappa shape index (κ1) is 19.3. The van der Waals surface area contributed by atoms with Gasteiger partial charge in [-0.05, 0) is 49.4 Å². The number of benzene rings is 1. The number of nitrogen functional groups attached to an aromatic ring is 1. The maximum Gasteiger partial charge on any atom is 0.270 e. The first-order chi connectivity index (χ1) is 13.0. The molecule has 0 unspecified atom stereocenters. The quantitative estimate of drug-likeness (QED) is 0.820. The Morgan fingerprint density at radius 3 is 2.59 bits per heavy atom. The van der Waals surface area contributed by atoms with Crippen molar-refractivity contribution in [3.8, 4) is 0 Å². The van der Waals surface area contributed by atoms with Gasteiger partial charge in [-0.25, -0.2) is 9.97 Å². The summed E-state index contributed by atoms with van der Waals surface area (Å²) in [6.07, 6.45) is 2.33. The van der Waals surface area contributed by atoms with Gasteiger partial charge in [-0.2, -0.15) is 0 Å². The molecular formula is C21H29N5O. The molecule has 1 aliphatic rings. The molecule has 6 heteroatoms. The molecule has 0 radical (unpaired) electrons. The van der Waals surface area contributed by atoms with E-state index < -0.39 is 0 Å². The predicted octanol–water partition coefficient (Wildman–Crippen LogP) is 2.79. The molecule has 2 aromatic rings. The van der Waals surface area contributed by atoms with Crippen LogP contribution in [0.2, 0.25) is 0 Å². The summed E-state index contributed by atoms with van der Waals surface area (Å²) in [5, 5.41) is 2.96. The van der Waals surface area contributed by atoms with Crippen LogP contribution in [0.3, 0.4) is 0 Å². The van der Waals surface area contributed by atoms with Gasteiger partial charge in [-0.1, -0.05) is 44.2 Å². The zero-order chi connectivity index (χ0) is 19.2. The molecule has 0 atom stereocenters. The van der Waals surface area contributed by atoms with Crippen molar-refractivity contribution in [2.45, 2.75) is 38.5 Å². The minimum atomic E-state index is -0.190. The predicted molar refractivity (Wildman–Crippen MR) is 108 cm³/mol. The van der Waals surface area contributed by atoms with E-state index in [9.17, 15) is 4.79 Å². The van der Waals surface area contributed by atoms with E-state index in [0.717, 1.165) is 38.2 Å². The topological polar surface area (TPSA) is 84.1 Å². The number of rotatable bonds is 6. The Labute approximate surface area is 161 Å². The van der Waals surface area contributed by atoms with Gasteiger partial charge in [0.15, 0.2) is 0 Å². The zero-order valence-electron chi connectivity index (χ0n) is 16.2. The van der Waals surface area contributed by atoms with E-state index in [1.54, 1.807) is 6.07 Å². The molecule has 0 bridgehead atoms. The number of carbonyl (C=O) groups is 1. The van der Waals surface area contributed by atoms with Crippen LogP contribution in [0.4, 0.5) is 5.95 Å². The van der Waals surface area contributed by atoms with Crippen LogP contribution < -0.4 is 11.1 Å². The summed E-state index contributed by atoms with van der Waals surface area (Å²) < 4.78 is 0. The van der Waals surface area contributed by atoms with E-state index >= 15 is 0 Å². The van der Waals surface area contributed by atoms with Crippen LogP contribution in [0.5, 0.6) is 0 Å². The number of likely N-dealkylation sites (tertiary alicyclic amines) is 1. The van der Waals surface area contributed by atoms with Crippen molar-refractivity contribution in [1.29, 1.82) is 0 Å². The Morgan fingerprint density at radius 1 is 1.22 bits per heavy atom.